The summed E-state index contributed by atoms with van der Waals surface area (Å²) in [6.45, 7) is 0. The van der Waals surface area contributed by atoms with Gasteiger partial charge in [-0.05, 0) is 60.5 Å². The van der Waals surface area contributed by atoms with Gasteiger partial charge in [0.15, 0.2) is 0 Å². The van der Waals surface area contributed by atoms with E-state index in [4.69, 9.17) is 0 Å². The first-order valence-corrected chi connectivity index (χ1v) is 6.10. The van der Waals surface area contributed by atoms with Crippen LogP contribution in [0.15, 0.2) is 15.0 Å². The van der Waals surface area contributed by atoms with Crippen LogP contribution in [-0.4, -0.2) is 18.2 Å². The van der Waals surface area contributed by atoms with E-state index in [1.807, 2.05) is 22.6 Å². The van der Waals surface area contributed by atoms with Crippen LogP contribution >= 0.6 is 54.5 Å². The van der Waals surface area contributed by atoms with Crippen molar-refractivity contribution >= 4 is 60.4 Å². The molecule has 0 aliphatic heterocycles. The lowest BCUT2D eigenvalue weighted by Crippen LogP contribution is -2.02. The standard InChI is InChI=1S/C8H5Br2IO3/c1-14-8(13)3-2-4(9)6(11)5(10)7(3)12/h2,12H,1H3. The number of carbonyl (C=O) groups excluding carboxylic acids is 1. The minimum atomic E-state index is -0.569. The van der Waals surface area contributed by atoms with Crippen LogP contribution in [0.4, 0.5) is 0 Å². The van der Waals surface area contributed by atoms with Gasteiger partial charge in [-0.1, -0.05) is 0 Å². The predicted octanol–water partition coefficient (Wildman–Crippen LogP) is 3.31. The molecule has 3 nitrogen and oxygen atoms in total. The summed E-state index contributed by atoms with van der Waals surface area (Å²) >= 11 is 8.50. The summed E-state index contributed by atoms with van der Waals surface area (Å²) in [5.41, 5.74) is 0.131. The lowest BCUT2D eigenvalue weighted by Gasteiger charge is -2.07. The van der Waals surface area contributed by atoms with E-state index in [2.05, 4.69) is 36.6 Å². The van der Waals surface area contributed by atoms with Crippen molar-refractivity contribution in [2.75, 3.05) is 7.11 Å². The van der Waals surface area contributed by atoms with Gasteiger partial charge in [-0.3, -0.25) is 0 Å². The smallest absolute Gasteiger partial charge is 0.341 e. The molecule has 0 atom stereocenters. The summed E-state index contributed by atoms with van der Waals surface area (Å²) in [5, 5.41) is 9.63. The molecule has 0 aliphatic carbocycles. The number of rotatable bonds is 1. The molecule has 6 heteroatoms. The fourth-order valence-electron chi connectivity index (χ4n) is 0.851. The minimum Gasteiger partial charge on any atom is -0.506 e. The molecule has 1 aromatic carbocycles. The van der Waals surface area contributed by atoms with E-state index >= 15 is 0 Å². The van der Waals surface area contributed by atoms with Gasteiger partial charge in [-0.2, -0.15) is 0 Å². The Morgan fingerprint density at radius 3 is 2.64 bits per heavy atom. The molecular weight excluding hydrogens is 431 g/mol. The maximum atomic E-state index is 11.2. The zero-order valence-corrected chi connectivity index (χ0v) is 12.3. The first-order valence-electron chi connectivity index (χ1n) is 3.43. The number of hydrogen-bond donors (Lipinski definition) is 1. The number of hydrogen-bond acceptors (Lipinski definition) is 3. The van der Waals surface area contributed by atoms with Crippen LogP contribution in [0.2, 0.25) is 0 Å². The van der Waals surface area contributed by atoms with Crippen molar-refractivity contribution in [1.29, 1.82) is 0 Å². The van der Waals surface area contributed by atoms with Gasteiger partial charge in [0, 0.05) is 8.04 Å². The summed E-state index contributed by atoms with van der Waals surface area (Å²) in [6, 6.07) is 1.52. The molecule has 14 heavy (non-hydrogen) atoms. The fraction of sp³-hybridized carbons (Fsp3) is 0.125. The molecule has 76 valence electrons. The van der Waals surface area contributed by atoms with Crippen LogP contribution in [0.1, 0.15) is 10.4 Å². The van der Waals surface area contributed by atoms with E-state index in [9.17, 15) is 9.90 Å². The van der Waals surface area contributed by atoms with Crippen LogP contribution < -0.4 is 0 Å². The number of ether oxygens (including phenoxy) is 1. The molecule has 0 spiro atoms. The maximum Gasteiger partial charge on any atom is 0.341 e. The highest BCUT2D eigenvalue weighted by molar-refractivity contribution is 14.1. The van der Waals surface area contributed by atoms with Gasteiger partial charge in [-0.25, -0.2) is 4.79 Å². The van der Waals surface area contributed by atoms with E-state index < -0.39 is 5.97 Å². The molecule has 1 aromatic rings. The molecule has 0 fully saturated rings. The summed E-state index contributed by atoms with van der Waals surface area (Å²) < 4.78 is 6.53. The molecule has 0 unspecified atom stereocenters. The average molecular weight is 436 g/mol. The van der Waals surface area contributed by atoms with Gasteiger partial charge in [0.2, 0.25) is 0 Å². The molecule has 1 N–H and O–H groups in total. The normalized spacial score (nSPS) is 10.0. The van der Waals surface area contributed by atoms with Crippen molar-refractivity contribution in [3.8, 4) is 5.75 Å². The monoisotopic (exact) mass is 434 g/mol. The molecule has 0 aromatic heterocycles. The van der Waals surface area contributed by atoms with Gasteiger partial charge in [-0.15, -0.1) is 0 Å². The Kier molecular flexibility index (Phi) is 4.20. The Balaban J connectivity index is 3.40. The van der Waals surface area contributed by atoms with Gasteiger partial charge in [0.05, 0.1) is 11.6 Å². The predicted molar refractivity (Wildman–Crippen MR) is 67.6 cm³/mol. The number of methoxy groups -OCH3 is 1. The van der Waals surface area contributed by atoms with E-state index in [1.54, 1.807) is 0 Å². The molecule has 0 saturated heterocycles. The van der Waals surface area contributed by atoms with E-state index in [-0.39, 0.29) is 11.3 Å². The number of carbonyl (C=O) groups is 1. The van der Waals surface area contributed by atoms with Crippen LogP contribution in [0.3, 0.4) is 0 Å². The molecule has 0 aliphatic rings. The van der Waals surface area contributed by atoms with Crippen molar-refractivity contribution in [2.24, 2.45) is 0 Å². The van der Waals surface area contributed by atoms with Gasteiger partial charge in [0.1, 0.15) is 11.3 Å². The molecule has 1 rings (SSSR count). The Morgan fingerprint density at radius 1 is 1.57 bits per heavy atom. The van der Waals surface area contributed by atoms with E-state index in [1.165, 1.54) is 13.2 Å². The number of phenolic OH excluding ortho intramolecular Hbond substituents is 1. The Labute approximate surface area is 111 Å². The van der Waals surface area contributed by atoms with Gasteiger partial charge < -0.3 is 9.84 Å². The van der Waals surface area contributed by atoms with Crippen LogP contribution in [0.25, 0.3) is 0 Å². The van der Waals surface area contributed by atoms with Crippen molar-refractivity contribution < 1.29 is 14.6 Å². The SMILES string of the molecule is COC(=O)c1cc(Br)c(I)c(Br)c1O. The number of esters is 1. The second kappa shape index (κ2) is 4.80. The molecular formula is C8H5Br2IO3. The fourth-order valence-corrected chi connectivity index (χ4v) is 2.38. The summed E-state index contributed by atoms with van der Waals surface area (Å²) in [7, 11) is 1.27. The molecule has 0 saturated carbocycles. The summed E-state index contributed by atoms with van der Waals surface area (Å²) in [6.07, 6.45) is 0. The summed E-state index contributed by atoms with van der Waals surface area (Å²) in [5.74, 6) is -0.676. The lowest BCUT2D eigenvalue weighted by atomic mass is 10.2. The average Bonchev–Trinajstić information content (AvgIpc) is 2.19. The number of halogens is 3. The second-order valence-corrected chi connectivity index (χ2v) is 5.10. The number of aromatic hydroxyl groups is 1. The first-order chi connectivity index (χ1) is 6.49. The maximum absolute atomic E-state index is 11.2. The third kappa shape index (κ3) is 2.22. The molecule has 0 amide bonds. The van der Waals surface area contributed by atoms with Gasteiger partial charge >= 0.3 is 5.97 Å². The van der Waals surface area contributed by atoms with Crippen molar-refractivity contribution in [2.45, 2.75) is 0 Å². The third-order valence-electron chi connectivity index (χ3n) is 1.54. The van der Waals surface area contributed by atoms with Crippen LogP contribution in [0, 0.1) is 3.57 Å². The zero-order chi connectivity index (χ0) is 10.9. The van der Waals surface area contributed by atoms with Crippen molar-refractivity contribution in [1.82, 2.24) is 0 Å². The van der Waals surface area contributed by atoms with Crippen molar-refractivity contribution in [3.63, 3.8) is 0 Å². The van der Waals surface area contributed by atoms with E-state index in [0.717, 1.165) is 8.04 Å². The zero-order valence-electron chi connectivity index (χ0n) is 6.97. The number of phenols is 1. The largest absolute Gasteiger partial charge is 0.506 e. The van der Waals surface area contributed by atoms with Crippen molar-refractivity contribution in [3.05, 3.63) is 24.1 Å². The highest BCUT2D eigenvalue weighted by Crippen LogP contribution is 2.37. The molecule has 0 heterocycles. The highest BCUT2D eigenvalue weighted by Gasteiger charge is 2.18. The Hall–Kier alpha value is 0.180. The van der Waals surface area contributed by atoms with Crippen LogP contribution in [-0.2, 0) is 4.74 Å². The lowest BCUT2D eigenvalue weighted by molar-refractivity contribution is 0.0597. The van der Waals surface area contributed by atoms with Crippen LogP contribution in [0.5, 0.6) is 5.75 Å². The summed E-state index contributed by atoms with van der Waals surface area (Å²) in [4.78, 5) is 11.2. The second-order valence-electron chi connectivity index (χ2n) is 2.37. The third-order valence-corrected chi connectivity index (χ3v) is 5.54. The Bertz CT molecular complexity index is 393. The minimum absolute atomic E-state index is 0.107. The molecule has 0 bridgehead atoms. The van der Waals surface area contributed by atoms with Gasteiger partial charge in [0.25, 0.3) is 0 Å². The molecule has 0 radical (unpaired) electrons. The quantitative estimate of drug-likeness (QED) is 0.418. The first kappa shape index (κ1) is 12.3. The number of benzene rings is 1. The Morgan fingerprint density at radius 2 is 2.14 bits per heavy atom. The van der Waals surface area contributed by atoms with E-state index in [0.29, 0.717) is 4.47 Å². The highest BCUT2D eigenvalue weighted by atomic mass is 127. The topological polar surface area (TPSA) is 46.5 Å².